The third kappa shape index (κ3) is 7.31. The van der Waals surface area contributed by atoms with Crippen LogP contribution >= 0.6 is 0 Å². The number of cyclic esters (lactones) is 2. The highest BCUT2D eigenvalue weighted by molar-refractivity contribution is 6.20. The standard InChI is InChI=1S/C33H16N8.C9H4O5.4C2H5NO/c1-2-10-18-17(9-1)25-34-27-19-11-3-4-12-20(19)29-36-31-23-15-7-8-16-24(23)32-37-30-22-14-6-5-13-21(22)28-35-26(18)38(25)33(39(27)29,40(28)30)41(31)32;10-4-13-5-1-2-6-7(3-5)9(12)14-8(6)11;4*1-2(3)4/h1-16H;1-4H;4*1H3,(H2,3,4)/q+2;;;;;. The van der Waals surface area contributed by atoms with Gasteiger partial charge in [0.05, 0.1) is 33.4 Å². The molecule has 0 saturated heterocycles. The molecule has 71 heavy (non-hydrogen) atoms. The molecule has 0 radical (unpaired) electrons. The molecule has 0 fully saturated rings. The first-order valence-corrected chi connectivity index (χ1v) is 21.5. The highest BCUT2D eigenvalue weighted by Gasteiger charge is 2.69. The van der Waals surface area contributed by atoms with Crippen molar-refractivity contribution in [3.05, 3.63) is 160 Å². The number of esters is 2. The summed E-state index contributed by atoms with van der Waals surface area (Å²) in [6.45, 7) is 5.46. The minimum absolute atomic E-state index is 0.120. The lowest BCUT2D eigenvalue weighted by molar-refractivity contribution is -0.790. The van der Waals surface area contributed by atoms with E-state index >= 15 is 0 Å². The number of rotatable bonds is 2. The van der Waals surface area contributed by atoms with E-state index in [0.29, 0.717) is 0 Å². The summed E-state index contributed by atoms with van der Waals surface area (Å²) in [6, 6.07) is 38.1. The molecular formula is C50H40N12O9+2. The van der Waals surface area contributed by atoms with E-state index in [2.05, 4.69) is 148 Å². The van der Waals surface area contributed by atoms with Gasteiger partial charge in [-0.15, -0.1) is 9.15 Å². The Labute approximate surface area is 400 Å². The van der Waals surface area contributed by atoms with Crippen LogP contribution in [0.25, 0.3) is 21.5 Å². The molecule has 0 unspecified atom stereocenters. The van der Waals surface area contributed by atoms with Crippen molar-refractivity contribution in [2.75, 3.05) is 0 Å². The fourth-order valence-electron chi connectivity index (χ4n) is 9.07. The Kier molecular flexibility index (Phi) is 11.4. The Hall–Kier alpha value is -10.1. The number of hydrogen-bond donors (Lipinski definition) is 4. The summed E-state index contributed by atoms with van der Waals surface area (Å²) in [5, 5.41) is 4.33. The van der Waals surface area contributed by atoms with Crippen molar-refractivity contribution in [3.63, 3.8) is 0 Å². The van der Waals surface area contributed by atoms with Gasteiger partial charge >= 0.3 is 17.8 Å². The van der Waals surface area contributed by atoms with Gasteiger partial charge < -0.3 is 32.4 Å². The lowest BCUT2D eigenvalue weighted by Gasteiger charge is -2.40. The first-order chi connectivity index (χ1) is 34.0. The van der Waals surface area contributed by atoms with Crippen LogP contribution in [0.5, 0.6) is 5.75 Å². The molecule has 4 amide bonds. The minimum Gasteiger partial charge on any atom is -0.429 e. The number of carbonyl (C=O) groups is 7. The zero-order valence-electron chi connectivity index (χ0n) is 38.1. The van der Waals surface area contributed by atoms with E-state index in [1.807, 2.05) is 0 Å². The number of nitrogens with two attached hydrogens (primary N) is 4. The van der Waals surface area contributed by atoms with Gasteiger partial charge in [-0.3, -0.25) is 24.0 Å². The molecule has 352 valence electrons. The molecule has 5 aromatic carbocycles. The Morgan fingerprint density at radius 2 is 0.901 bits per heavy atom. The molecule has 0 bridgehead atoms. The van der Waals surface area contributed by atoms with Crippen LogP contribution in [0, 0.1) is 0 Å². The summed E-state index contributed by atoms with van der Waals surface area (Å²) in [6.07, 6.45) is 0. The Balaban J connectivity index is 0.000000172. The number of amides is 4. The first-order valence-electron chi connectivity index (χ1n) is 21.5. The van der Waals surface area contributed by atoms with Crippen molar-refractivity contribution in [1.29, 1.82) is 0 Å². The third-order valence-electron chi connectivity index (χ3n) is 11.2. The number of primary amides is 4. The lowest BCUT2D eigenvalue weighted by Crippen LogP contribution is -2.71. The van der Waals surface area contributed by atoms with Gasteiger partial charge in [0.1, 0.15) is 5.75 Å². The van der Waals surface area contributed by atoms with Crippen molar-refractivity contribution in [1.82, 2.24) is 9.13 Å². The summed E-state index contributed by atoms with van der Waals surface area (Å²) >= 11 is 0. The van der Waals surface area contributed by atoms with Crippen LogP contribution in [-0.4, -0.2) is 83.7 Å². The fraction of sp³-hybridized carbons (Fsp3) is 0.100. The average molecular weight is 953 g/mol. The second-order valence-corrected chi connectivity index (χ2v) is 16.2. The predicted octanol–water partition coefficient (Wildman–Crippen LogP) is 2.21. The maximum atomic E-state index is 11.0. The molecule has 0 atom stereocenters. The Morgan fingerprint density at radius 3 is 1.32 bits per heavy atom. The van der Waals surface area contributed by atoms with Crippen LogP contribution in [0.1, 0.15) is 70.7 Å². The van der Waals surface area contributed by atoms with Crippen molar-refractivity contribution in [3.8, 4) is 5.75 Å². The molecule has 7 aliphatic heterocycles. The van der Waals surface area contributed by atoms with Gasteiger partial charge in [0, 0.05) is 49.2 Å². The minimum atomic E-state index is -0.923. The summed E-state index contributed by atoms with van der Waals surface area (Å²) in [5.41, 5.74) is 24.3. The number of carbonyl (C=O) groups excluding carboxylic acids is 7. The Bertz CT molecular complexity index is 3620. The molecule has 7 aromatic rings. The van der Waals surface area contributed by atoms with Gasteiger partial charge in [-0.1, -0.05) is 68.5 Å². The topological polar surface area (TPSA) is 307 Å². The van der Waals surface area contributed by atoms with E-state index in [4.69, 9.17) is 20.0 Å². The van der Waals surface area contributed by atoms with Gasteiger partial charge in [0.25, 0.3) is 29.8 Å². The van der Waals surface area contributed by atoms with Gasteiger partial charge in [0.2, 0.25) is 46.2 Å². The smallest absolute Gasteiger partial charge is 0.404 e. The molecule has 0 saturated carbocycles. The van der Waals surface area contributed by atoms with Crippen molar-refractivity contribution < 1.29 is 52.2 Å². The highest BCUT2D eigenvalue weighted by Crippen LogP contribution is 2.52. The summed E-state index contributed by atoms with van der Waals surface area (Å²) < 4.78 is 18.2. The van der Waals surface area contributed by atoms with E-state index in [9.17, 15) is 33.6 Å². The zero-order valence-corrected chi connectivity index (χ0v) is 38.1. The van der Waals surface area contributed by atoms with Crippen molar-refractivity contribution in [2.24, 2.45) is 42.9 Å². The molecule has 0 aliphatic carbocycles. The maximum absolute atomic E-state index is 11.0. The number of hydrogen-bond acceptors (Lipinski definition) is 13. The predicted molar refractivity (Wildman–Crippen MR) is 256 cm³/mol. The fourth-order valence-corrected chi connectivity index (χ4v) is 9.07. The molecule has 8 N–H and O–H groups in total. The van der Waals surface area contributed by atoms with E-state index < -0.39 is 17.8 Å². The van der Waals surface area contributed by atoms with Crippen molar-refractivity contribution in [2.45, 2.75) is 33.6 Å². The molecular weight excluding hydrogens is 913 g/mol. The number of amidine groups is 4. The van der Waals surface area contributed by atoms with Crippen LogP contribution in [0.2, 0.25) is 0 Å². The number of fused-ring (bicyclic) bond motifs is 13. The Morgan fingerprint density at radius 1 is 0.521 bits per heavy atom. The molecule has 2 aromatic heterocycles. The van der Waals surface area contributed by atoms with E-state index in [-0.39, 0.29) is 47.0 Å². The zero-order chi connectivity index (χ0) is 50.6. The molecule has 14 rings (SSSR count). The van der Waals surface area contributed by atoms with Crippen LogP contribution < -0.4 is 38.6 Å². The van der Waals surface area contributed by atoms with Gasteiger partial charge in [-0.05, 0) is 66.7 Å². The molecule has 7 aliphatic rings. The number of benzene rings is 5. The highest BCUT2D eigenvalue weighted by atomic mass is 16.6. The van der Waals surface area contributed by atoms with Gasteiger partial charge in [0.15, 0.2) is 0 Å². The quantitative estimate of drug-likeness (QED) is 0.0854. The second kappa shape index (κ2) is 17.6. The van der Waals surface area contributed by atoms with Gasteiger partial charge in [-0.25, -0.2) is 9.59 Å². The summed E-state index contributed by atoms with van der Waals surface area (Å²) in [4.78, 5) is 90.6. The average Bonchev–Trinajstić information content (AvgIpc) is 4.10. The SMILES string of the molecule is CC(N)=O.CC(N)=O.CC(N)=O.CC(N)=O.O=COc1ccc2c(c1)C(=O)OC2=O.c1ccc2c(c1)C1=Nc3c4ccccc4c4n3C35n6c(c7ccccc7c6=NC6=[N+]3C(=N4)c3ccccc36)=NC2=[N+]15. The van der Waals surface area contributed by atoms with E-state index in [0.717, 1.165) is 89.8 Å². The number of aliphatic imine (C=N–C) groups is 2. The summed E-state index contributed by atoms with van der Waals surface area (Å²) in [5.74, 6) is 1.93. The maximum Gasteiger partial charge on any atom is 0.404 e. The van der Waals surface area contributed by atoms with Crippen LogP contribution in [0.15, 0.2) is 135 Å². The third-order valence-corrected chi connectivity index (χ3v) is 11.2. The normalized spacial score (nSPS) is 14.7. The van der Waals surface area contributed by atoms with Crippen molar-refractivity contribution >= 4 is 98.6 Å². The largest absolute Gasteiger partial charge is 0.429 e. The van der Waals surface area contributed by atoms with Crippen LogP contribution in [-0.2, 0) is 34.6 Å². The van der Waals surface area contributed by atoms with Crippen LogP contribution in [0.4, 0.5) is 11.6 Å². The summed E-state index contributed by atoms with van der Waals surface area (Å²) in [7, 11) is 0. The molecule has 1 spiro atoms. The van der Waals surface area contributed by atoms with Gasteiger partial charge in [-0.2, -0.15) is 9.13 Å². The monoisotopic (exact) mass is 952 g/mol. The van der Waals surface area contributed by atoms with Crippen LogP contribution in [0.3, 0.4) is 0 Å². The number of ether oxygens (including phenoxy) is 2. The van der Waals surface area contributed by atoms with E-state index in [1.165, 1.54) is 45.9 Å². The number of aromatic nitrogens is 2. The molecule has 21 nitrogen and oxygen atoms in total. The first kappa shape index (κ1) is 46.1. The van der Waals surface area contributed by atoms with E-state index in [1.54, 1.807) is 0 Å². The molecule has 21 heteroatoms. The second-order valence-electron chi connectivity index (χ2n) is 16.2. The molecule has 9 heterocycles. The number of nitrogens with zero attached hydrogens (tertiary/aromatic N) is 8. The lowest BCUT2D eigenvalue weighted by atomic mass is 10.1.